The molecule has 0 spiro atoms. The molecule has 0 fully saturated rings. The summed E-state index contributed by atoms with van der Waals surface area (Å²) in [6.07, 6.45) is 1.52. The summed E-state index contributed by atoms with van der Waals surface area (Å²) in [5.74, 6) is -0.228. The quantitative estimate of drug-likeness (QED) is 0.837. The van der Waals surface area contributed by atoms with E-state index in [0.29, 0.717) is 11.3 Å². The lowest BCUT2D eigenvalue weighted by Gasteiger charge is -2.08. The molecule has 1 heterocycles. The van der Waals surface area contributed by atoms with Gasteiger partial charge in [-0.25, -0.2) is 0 Å². The van der Waals surface area contributed by atoms with E-state index < -0.39 is 11.8 Å². The third-order valence-electron chi connectivity index (χ3n) is 2.87. The van der Waals surface area contributed by atoms with Crippen LogP contribution in [0.15, 0.2) is 42.6 Å². The minimum Gasteiger partial charge on any atom is -0.497 e. The first-order chi connectivity index (χ1) is 10.1. The van der Waals surface area contributed by atoms with E-state index >= 15 is 0 Å². The summed E-state index contributed by atoms with van der Waals surface area (Å²) in [5.41, 5.74) is 6.09. The number of nitrogens with zero attached hydrogens (tertiary/aromatic N) is 1. The smallest absolute Gasteiger partial charge is 0.288 e. The molecule has 0 saturated carbocycles. The number of nitrogens with one attached hydrogen (secondary N) is 2. The molecule has 21 heavy (non-hydrogen) atoms. The molecule has 0 aliphatic heterocycles. The maximum absolute atomic E-state index is 11.9. The second-order valence-electron chi connectivity index (χ2n) is 4.31. The minimum atomic E-state index is -0.463. The van der Waals surface area contributed by atoms with E-state index in [-0.39, 0.29) is 5.69 Å². The van der Waals surface area contributed by atoms with Gasteiger partial charge in [0.2, 0.25) is 0 Å². The molecule has 1 aromatic carbocycles. The van der Waals surface area contributed by atoms with Gasteiger partial charge in [0.1, 0.15) is 11.4 Å². The topological polar surface area (TPSA) is 80.3 Å². The molecule has 0 atom stereocenters. The predicted octanol–water partition coefficient (Wildman–Crippen LogP) is 1.47. The fourth-order valence-corrected chi connectivity index (χ4v) is 1.71. The molecule has 6 nitrogen and oxygen atoms in total. The second kappa shape index (κ2) is 6.51. The Morgan fingerprint density at radius 2 is 1.71 bits per heavy atom. The lowest BCUT2D eigenvalue weighted by Crippen LogP contribution is -2.42. The average molecular weight is 285 g/mol. The molecule has 0 aliphatic carbocycles. The van der Waals surface area contributed by atoms with Gasteiger partial charge in [-0.2, -0.15) is 0 Å². The highest BCUT2D eigenvalue weighted by atomic mass is 16.5. The number of carbonyl (C=O) groups is 2. The Labute approximate surface area is 122 Å². The molecule has 0 radical (unpaired) electrons. The monoisotopic (exact) mass is 285 g/mol. The summed E-state index contributed by atoms with van der Waals surface area (Å²) in [5, 5.41) is 0. The molecule has 6 heteroatoms. The number of ether oxygens (including phenoxy) is 1. The van der Waals surface area contributed by atoms with Gasteiger partial charge in [-0.3, -0.25) is 25.4 Å². The summed E-state index contributed by atoms with van der Waals surface area (Å²) in [6, 6.07) is 10.0. The fourth-order valence-electron chi connectivity index (χ4n) is 1.71. The van der Waals surface area contributed by atoms with Crippen molar-refractivity contribution in [3.05, 3.63) is 59.4 Å². The van der Waals surface area contributed by atoms with E-state index in [0.717, 1.165) is 5.56 Å². The summed E-state index contributed by atoms with van der Waals surface area (Å²) in [6.45, 7) is 1.77. The number of pyridine rings is 1. The Balaban J connectivity index is 1.97. The third kappa shape index (κ3) is 3.56. The van der Waals surface area contributed by atoms with Crippen molar-refractivity contribution in [1.82, 2.24) is 15.8 Å². The van der Waals surface area contributed by atoms with E-state index in [1.165, 1.54) is 6.20 Å². The van der Waals surface area contributed by atoms with Gasteiger partial charge < -0.3 is 4.74 Å². The molecule has 2 amide bonds. The Kier molecular flexibility index (Phi) is 4.50. The van der Waals surface area contributed by atoms with Gasteiger partial charge in [-0.1, -0.05) is 6.07 Å². The number of carbonyl (C=O) groups excluding carboxylic acids is 2. The van der Waals surface area contributed by atoms with Gasteiger partial charge in [-0.05, 0) is 42.8 Å². The van der Waals surface area contributed by atoms with Crippen LogP contribution in [-0.4, -0.2) is 23.9 Å². The number of aryl methyl sites for hydroxylation is 1. The number of amides is 2. The van der Waals surface area contributed by atoms with Gasteiger partial charge in [0.25, 0.3) is 11.8 Å². The van der Waals surface area contributed by atoms with Crippen LogP contribution in [0.3, 0.4) is 0 Å². The first kappa shape index (κ1) is 14.5. The van der Waals surface area contributed by atoms with Crippen molar-refractivity contribution < 1.29 is 14.3 Å². The standard InChI is InChI=1S/C15H15N3O3/c1-10-4-3-9-16-13(10)15(20)18-17-14(19)11-5-7-12(21-2)8-6-11/h3-9H,1-2H3,(H,17,19)(H,18,20). The van der Waals surface area contributed by atoms with Crippen LogP contribution in [0.25, 0.3) is 0 Å². The van der Waals surface area contributed by atoms with Crippen LogP contribution in [0.2, 0.25) is 0 Å². The third-order valence-corrected chi connectivity index (χ3v) is 2.87. The highest BCUT2D eigenvalue weighted by molar-refractivity contribution is 5.98. The van der Waals surface area contributed by atoms with E-state index in [9.17, 15) is 9.59 Å². The average Bonchev–Trinajstić information content (AvgIpc) is 2.52. The molecule has 0 bridgehead atoms. The van der Waals surface area contributed by atoms with E-state index in [2.05, 4.69) is 15.8 Å². The second-order valence-corrected chi connectivity index (χ2v) is 4.31. The van der Waals surface area contributed by atoms with Crippen LogP contribution >= 0.6 is 0 Å². The number of hydrogen-bond donors (Lipinski definition) is 2. The molecule has 0 saturated heterocycles. The Morgan fingerprint density at radius 1 is 1.05 bits per heavy atom. The van der Waals surface area contributed by atoms with Gasteiger partial charge in [0.05, 0.1) is 7.11 Å². The molecule has 0 aliphatic rings. The molecule has 108 valence electrons. The summed E-state index contributed by atoms with van der Waals surface area (Å²) in [4.78, 5) is 27.7. The maximum Gasteiger partial charge on any atom is 0.288 e. The van der Waals surface area contributed by atoms with Crippen LogP contribution in [0, 0.1) is 6.92 Å². The zero-order valence-corrected chi connectivity index (χ0v) is 11.7. The fraction of sp³-hybridized carbons (Fsp3) is 0.133. The van der Waals surface area contributed by atoms with Gasteiger partial charge in [0, 0.05) is 11.8 Å². The molecule has 2 rings (SSSR count). The molecule has 1 aromatic heterocycles. The largest absolute Gasteiger partial charge is 0.497 e. The predicted molar refractivity (Wildman–Crippen MR) is 76.9 cm³/mol. The van der Waals surface area contributed by atoms with E-state index in [4.69, 9.17) is 4.74 Å². The Morgan fingerprint density at radius 3 is 2.33 bits per heavy atom. The Hall–Kier alpha value is -2.89. The van der Waals surface area contributed by atoms with Crippen molar-refractivity contribution in [1.29, 1.82) is 0 Å². The number of hydrazine groups is 1. The van der Waals surface area contributed by atoms with Crippen molar-refractivity contribution in [2.75, 3.05) is 7.11 Å². The highest BCUT2D eigenvalue weighted by Gasteiger charge is 2.11. The highest BCUT2D eigenvalue weighted by Crippen LogP contribution is 2.10. The van der Waals surface area contributed by atoms with Crippen molar-refractivity contribution in [3.8, 4) is 5.75 Å². The van der Waals surface area contributed by atoms with Crippen molar-refractivity contribution in [2.45, 2.75) is 6.92 Å². The lowest BCUT2D eigenvalue weighted by molar-refractivity contribution is 0.0843. The van der Waals surface area contributed by atoms with Crippen LogP contribution in [0.4, 0.5) is 0 Å². The molecule has 2 aromatic rings. The van der Waals surface area contributed by atoms with Crippen LogP contribution < -0.4 is 15.6 Å². The van der Waals surface area contributed by atoms with E-state index in [1.807, 2.05) is 0 Å². The van der Waals surface area contributed by atoms with Gasteiger partial charge in [-0.15, -0.1) is 0 Å². The molecule has 2 N–H and O–H groups in total. The van der Waals surface area contributed by atoms with Crippen LogP contribution in [-0.2, 0) is 0 Å². The number of hydrogen-bond acceptors (Lipinski definition) is 4. The maximum atomic E-state index is 11.9. The summed E-state index contributed by atoms with van der Waals surface area (Å²) >= 11 is 0. The Bertz CT molecular complexity index is 653. The zero-order valence-electron chi connectivity index (χ0n) is 11.7. The van der Waals surface area contributed by atoms with Crippen LogP contribution in [0.5, 0.6) is 5.75 Å². The zero-order chi connectivity index (χ0) is 15.2. The van der Waals surface area contributed by atoms with Gasteiger partial charge in [0.15, 0.2) is 0 Å². The first-order valence-electron chi connectivity index (χ1n) is 6.28. The van der Waals surface area contributed by atoms with Gasteiger partial charge >= 0.3 is 0 Å². The summed E-state index contributed by atoms with van der Waals surface area (Å²) < 4.78 is 5.01. The minimum absolute atomic E-state index is 0.271. The number of aromatic nitrogens is 1. The lowest BCUT2D eigenvalue weighted by atomic mass is 10.2. The van der Waals surface area contributed by atoms with Crippen molar-refractivity contribution in [3.63, 3.8) is 0 Å². The normalized spacial score (nSPS) is 9.81. The molecular formula is C15H15N3O3. The number of benzene rings is 1. The first-order valence-corrected chi connectivity index (χ1v) is 6.28. The van der Waals surface area contributed by atoms with Crippen LogP contribution in [0.1, 0.15) is 26.4 Å². The van der Waals surface area contributed by atoms with E-state index in [1.54, 1.807) is 50.4 Å². The van der Waals surface area contributed by atoms with Crippen molar-refractivity contribution in [2.24, 2.45) is 0 Å². The summed E-state index contributed by atoms with van der Waals surface area (Å²) in [7, 11) is 1.55. The molecule has 0 unspecified atom stereocenters. The van der Waals surface area contributed by atoms with Crippen molar-refractivity contribution >= 4 is 11.8 Å². The SMILES string of the molecule is COc1ccc(C(=O)NNC(=O)c2ncccc2C)cc1. The number of rotatable bonds is 3. The number of methoxy groups -OCH3 is 1. The molecular weight excluding hydrogens is 270 g/mol.